The molecule has 1 atom stereocenters. The van der Waals surface area contributed by atoms with Crippen molar-refractivity contribution in [2.45, 2.75) is 23.8 Å². The average Bonchev–Trinajstić information content (AvgIpc) is 3.06. The van der Waals surface area contributed by atoms with E-state index in [1.54, 1.807) is 17.8 Å². The zero-order chi connectivity index (χ0) is 16.2. The van der Waals surface area contributed by atoms with Gasteiger partial charge in [-0.15, -0.1) is 11.8 Å². The SMILES string of the molecule is O=C(CSc1ccccc1)N1CCCC1c1ccc(Cl)c(Cl)c1. The van der Waals surface area contributed by atoms with Crippen LogP contribution in [0.2, 0.25) is 10.0 Å². The molecule has 5 heteroatoms. The van der Waals surface area contributed by atoms with Crippen molar-refractivity contribution in [2.75, 3.05) is 12.3 Å². The Morgan fingerprint density at radius 3 is 2.65 bits per heavy atom. The van der Waals surface area contributed by atoms with Crippen LogP contribution in [0.15, 0.2) is 53.4 Å². The Morgan fingerprint density at radius 1 is 1.13 bits per heavy atom. The van der Waals surface area contributed by atoms with Crippen LogP contribution in [0.25, 0.3) is 0 Å². The number of carbonyl (C=O) groups is 1. The zero-order valence-electron chi connectivity index (χ0n) is 12.5. The van der Waals surface area contributed by atoms with Crippen LogP contribution in [-0.2, 0) is 4.79 Å². The van der Waals surface area contributed by atoms with Crippen LogP contribution in [-0.4, -0.2) is 23.1 Å². The quantitative estimate of drug-likeness (QED) is 0.671. The molecule has 0 radical (unpaired) electrons. The molecule has 1 heterocycles. The number of amides is 1. The fourth-order valence-corrected chi connectivity index (χ4v) is 3.99. The van der Waals surface area contributed by atoms with Crippen molar-refractivity contribution in [1.29, 1.82) is 0 Å². The van der Waals surface area contributed by atoms with Crippen molar-refractivity contribution in [3.05, 3.63) is 64.1 Å². The van der Waals surface area contributed by atoms with E-state index < -0.39 is 0 Å². The Morgan fingerprint density at radius 2 is 1.91 bits per heavy atom. The monoisotopic (exact) mass is 365 g/mol. The third-order valence-electron chi connectivity index (χ3n) is 4.01. The summed E-state index contributed by atoms with van der Waals surface area (Å²) in [7, 11) is 0. The summed E-state index contributed by atoms with van der Waals surface area (Å²) in [6, 6.07) is 15.8. The minimum Gasteiger partial charge on any atom is -0.335 e. The second kappa shape index (κ2) is 7.61. The van der Waals surface area contributed by atoms with Gasteiger partial charge in [-0.3, -0.25) is 4.79 Å². The molecule has 1 amide bonds. The van der Waals surface area contributed by atoms with E-state index in [0.717, 1.165) is 29.8 Å². The van der Waals surface area contributed by atoms with Crippen molar-refractivity contribution in [3.8, 4) is 0 Å². The number of rotatable bonds is 4. The number of nitrogens with zero attached hydrogens (tertiary/aromatic N) is 1. The molecule has 2 nitrogen and oxygen atoms in total. The molecule has 1 fully saturated rings. The van der Waals surface area contributed by atoms with Gasteiger partial charge >= 0.3 is 0 Å². The minimum atomic E-state index is 0.105. The molecule has 2 aromatic carbocycles. The Kier molecular flexibility index (Phi) is 5.52. The maximum atomic E-state index is 12.6. The van der Waals surface area contributed by atoms with Crippen molar-refractivity contribution in [3.63, 3.8) is 0 Å². The van der Waals surface area contributed by atoms with Crippen LogP contribution in [0.1, 0.15) is 24.4 Å². The lowest BCUT2D eigenvalue weighted by atomic mass is 10.0. The second-order valence-corrected chi connectivity index (χ2v) is 7.38. The fraction of sp³-hybridized carbons (Fsp3) is 0.278. The third kappa shape index (κ3) is 4.03. The summed E-state index contributed by atoms with van der Waals surface area (Å²) in [6.45, 7) is 0.805. The van der Waals surface area contributed by atoms with Crippen molar-refractivity contribution < 1.29 is 4.79 Å². The van der Waals surface area contributed by atoms with Gasteiger partial charge < -0.3 is 4.90 Å². The smallest absolute Gasteiger partial charge is 0.233 e. The maximum Gasteiger partial charge on any atom is 0.233 e. The van der Waals surface area contributed by atoms with Crippen molar-refractivity contribution in [1.82, 2.24) is 4.90 Å². The lowest BCUT2D eigenvalue weighted by molar-refractivity contribution is -0.129. The van der Waals surface area contributed by atoms with E-state index in [9.17, 15) is 4.79 Å². The minimum absolute atomic E-state index is 0.105. The Bertz CT molecular complexity index is 693. The molecule has 3 rings (SSSR count). The van der Waals surface area contributed by atoms with Gasteiger partial charge in [0.05, 0.1) is 21.8 Å². The molecule has 2 aromatic rings. The fourth-order valence-electron chi connectivity index (χ4n) is 2.88. The first-order chi connectivity index (χ1) is 11.1. The number of thioether (sulfide) groups is 1. The maximum absolute atomic E-state index is 12.6. The average molecular weight is 366 g/mol. The molecule has 1 saturated heterocycles. The largest absolute Gasteiger partial charge is 0.335 e. The molecule has 0 saturated carbocycles. The Labute approximate surface area is 150 Å². The first kappa shape index (κ1) is 16.7. The van der Waals surface area contributed by atoms with Crippen LogP contribution >= 0.6 is 35.0 Å². The Balaban J connectivity index is 1.68. The van der Waals surface area contributed by atoms with E-state index in [1.165, 1.54) is 0 Å². The molecular weight excluding hydrogens is 349 g/mol. The van der Waals surface area contributed by atoms with Crippen LogP contribution in [0.3, 0.4) is 0 Å². The summed E-state index contributed by atoms with van der Waals surface area (Å²) in [5.41, 5.74) is 1.06. The highest BCUT2D eigenvalue weighted by Gasteiger charge is 2.30. The summed E-state index contributed by atoms with van der Waals surface area (Å²) in [4.78, 5) is 15.7. The molecule has 0 bridgehead atoms. The summed E-state index contributed by atoms with van der Waals surface area (Å²) >= 11 is 13.7. The van der Waals surface area contributed by atoms with Crippen LogP contribution in [0.4, 0.5) is 0 Å². The van der Waals surface area contributed by atoms with Gasteiger partial charge in [-0.2, -0.15) is 0 Å². The van der Waals surface area contributed by atoms with Gasteiger partial charge in [0.2, 0.25) is 5.91 Å². The highest BCUT2D eigenvalue weighted by molar-refractivity contribution is 8.00. The second-order valence-electron chi connectivity index (χ2n) is 5.52. The number of halogens is 2. The van der Waals surface area contributed by atoms with E-state index in [0.29, 0.717) is 15.8 Å². The van der Waals surface area contributed by atoms with Gasteiger partial charge in [-0.05, 0) is 42.7 Å². The van der Waals surface area contributed by atoms with E-state index in [4.69, 9.17) is 23.2 Å². The molecule has 1 unspecified atom stereocenters. The van der Waals surface area contributed by atoms with Gasteiger partial charge in [-0.1, -0.05) is 47.5 Å². The van der Waals surface area contributed by atoms with E-state index in [2.05, 4.69) is 0 Å². The summed E-state index contributed by atoms with van der Waals surface area (Å²) in [5, 5.41) is 1.09. The number of likely N-dealkylation sites (tertiary alicyclic amines) is 1. The molecule has 120 valence electrons. The highest BCUT2D eigenvalue weighted by Crippen LogP contribution is 2.35. The number of benzene rings is 2. The zero-order valence-corrected chi connectivity index (χ0v) is 14.9. The molecule has 23 heavy (non-hydrogen) atoms. The lowest BCUT2D eigenvalue weighted by Gasteiger charge is -2.25. The van der Waals surface area contributed by atoms with Gasteiger partial charge in [-0.25, -0.2) is 0 Å². The predicted octanol–water partition coefficient (Wildman–Crippen LogP) is 5.45. The van der Waals surface area contributed by atoms with Gasteiger partial charge in [0.25, 0.3) is 0 Å². The van der Waals surface area contributed by atoms with Gasteiger partial charge in [0.1, 0.15) is 0 Å². The summed E-state index contributed by atoms with van der Waals surface area (Å²) in [6.07, 6.45) is 1.99. The molecule has 1 aliphatic rings. The van der Waals surface area contributed by atoms with E-state index >= 15 is 0 Å². The first-order valence-electron chi connectivity index (χ1n) is 7.57. The number of hydrogen-bond acceptors (Lipinski definition) is 2. The van der Waals surface area contributed by atoms with Crippen molar-refractivity contribution in [2.24, 2.45) is 0 Å². The highest BCUT2D eigenvalue weighted by atomic mass is 35.5. The van der Waals surface area contributed by atoms with E-state index in [1.807, 2.05) is 47.4 Å². The molecule has 0 aromatic heterocycles. The molecule has 0 spiro atoms. The summed E-state index contributed by atoms with van der Waals surface area (Å²) < 4.78 is 0. The van der Waals surface area contributed by atoms with Gasteiger partial charge in [0.15, 0.2) is 0 Å². The Hall–Kier alpha value is -1.16. The molecule has 0 N–H and O–H groups in total. The molecule has 0 aliphatic carbocycles. The van der Waals surface area contributed by atoms with Crippen molar-refractivity contribution >= 4 is 40.9 Å². The topological polar surface area (TPSA) is 20.3 Å². The molecule has 1 aliphatic heterocycles. The van der Waals surface area contributed by atoms with Crippen LogP contribution < -0.4 is 0 Å². The predicted molar refractivity (Wildman–Crippen MR) is 97.3 cm³/mol. The lowest BCUT2D eigenvalue weighted by Crippen LogP contribution is -2.31. The van der Waals surface area contributed by atoms with Crippen LogP contribution in [0, 0.1) is 0 Å². The van der Waals surface area contributed by atoms with Gasteiger partial charge in [0, 0.05) is 11.4 Å². The standard InChI is InChI=1S/C18H17Cl2NOS/c19-15-9-8-13(11-16(15)20)17-7-4-10-21(17)18(22)12-23-14-5-2-1-3-6-14/h1-3,5-6,8-9,11,17H,4,7,10,12H2. The van der Waals surface area contributed by atoms with Crippen LogP contribution in [0.5, 0.6) is 0 Å². The summed E-state index contributed by atoms with van der Waals surface area (Å²) in [5.74, 6) is 0.634. The number of hydrogen-bond donors (Lipinski definition) is 0. The van der Waals surface area contributed by atoms with E-state index in [-0.39, 0.29) is 11.9 Å². The molecular formula is C18H17Cl2NOS. The normalized spacial score (nSPS) is 17.5. The first-order valence-corrected chi connectivity index (χ1v) is 9.31. The number of carbonyl (C=O) groups excluding carboxylic acids is 1. The third-order valence-corrected chi connectivity index (χ3v) is 5.74.